The third-order valence-electron chi connectivity index (χ3n) is 7.58. The standard InChI is InChI=1S/C30H37NO3/c1-6-29(7-2,26-14-15-27(21(5)16-26)30(34,8-3)9-4)25-12-10-23(11-13-25)24-17-22(18-28(32)33)19-31-20-24/h10-17,19-20,34H,6-9,18H2,1-5H3,(H,32,33). The van der Waals surface area contributed by atoms with Crippen molar-refractivity contribution in [2.45, 2.75) is 77.7 Å². The Balaban J connectivity index is 1.99. The third kappa shape index (κ3) is 4.92. The van der Waals surface area contributed by atoms with E-state index in [0.717, 1.165) is 35.1 Å². The number of aryl methyl sites for hydroxylation is 1. The Kier molecular flexibility index (Phi) is 7.93. The van der Waals surface area contributed by atoms with Crippen LogP contribution in [0.25, 0.3) is 11.1 Å². The van der Waals surface area contributed by atoms with Gasteiger partial charge >= 0.3 is 5.97 Å². The molecule has 4 heteroatoms. The third-order valence-corrected chi connectivity index (χ3v) is 7.58. The highest BCUT2D eigenvalue weighted by Gasteiger charge is 2.33. The first-order valence-electron chi connectivity index (χ1n) is 12.3. The van der Waals surface area contributed by atoms with Crippen molar-refractivity contribution in [2.24, 2.45) is 0 Å². The number of aliphatic carboxylic acids is 1. The maximum Gasteiger partial charge on any atom is 0.307 e. The summed E-state index contributed by atoms with van der Waals surface area (Å²) in [5.74, 6) is -0.859. The monoisotopic (exact) mass is 459 g/mol. The zero-order chi connectivity index (χ0) is 24.9. The molecule has 2 N–H and O–H groups in total. The van der Waals surface area contributed by atoms with Crippen molar-refractivity contribution in [1.82, 2.24) is 4.98 Å². The van der Waals surface area contributed by atoms with Crippen LogP contribution in [0.5, 0.6) is 0 Å². The summed E-state index contributed by atoms with van der Waals surface area (Å²) in [4.78, 5) is 15.3. The van der Waals surface area contributed by atoms with Crippen LogP contribution in [0.4, 0.5) is 0 Å². The fourth-order valence-electron chi connectivity index (χ4n) is 5.25. The Bertz CT molecular complexity index is 1130. The van der Waals surface area contributed by atoms with E-state index in [9.17, 15) is 9.90 Å². The zero-order valence-corrected chi connectivity index (χ0v) is 21.1. The van der Waals surface area contributed by atoms with Crippen LogP contribution in [0.15, 0.2) is 60.9 Å². The number of hydrogen-bond acceptors (Lipinski definition) is 3. The summed E-state index contributed by atoms with van der Waals surface area (Å²) in [5, 5.41) is 20.2. The second kappa shape index (κ2) is 10.5. The van der Waals surface area contributed by atoms with Crippen LogP contribution >= 0.6 is 0 Å². The number of carbonyl (C=O) groups is 1. The first-order valence-corrected chi connectivity index (χ1v) is 12.3. The van der Waals surface area contributed by atoms with Gasteiger partial charge in [0, 0.05) is 23.4 Å². The molecule has 0 unspecified atom stereocenters. The van der Waals surface area contributed by atoms with E-state index < -0.39 is 11.6 Å². The number of aliphatic hydroxyl groups is 1. The molecule has 0 amide bonds. The van der Waals surface area contributed by atoms with Crippen LogP contribution in [-0.2, 0) is 22.2 Å². The molecule has 0 atom stereocenters. The van der Waals surface area contributed by atoms with Crippen LogP contribution in [0.2, 0.25) is 0 Å². The summed E-state index contributed by atoms with van der Waals surface area (Å²) in [6.07, 6.45) is 6.66. The van der Waals surface area contributed by atoms with Gasteiger partial charge in [0.15, 0.2) is 0 Å². The van der Waals surface area contributed by atoms with Crippen LogP contribution in [-0.4, -0.2) is 21.2 Å². The number of benzene rings is 2. The predicted molar refractivity (Wildman–Crippen MR) is 138 cm³/mol. The molecule has 0 radical (unpaired) electrons. The molecule has 3 rings (SSSR count). The molecule has 0 fully saturated rings. The van der Waals surface area contributed by atoms with E-state index in [1.807, 2.05) is 19.9 Å². The molecule has 0 bridgehead atoms. The molecule has 0 spiro atoms. The van der Waals surface area contributed by atoms with Gasteiger partial charge in [0.05, 0.1) is 12.0 Å². The molecule has 1 heterocycles. The van der Waals surface area contributed by atoms with Gasteiger partial charge in [-0.3, -0.25) is 9.78 Å². The molecular weight excluding hydrogens is 422 g/mol. The van der Waals surface area contributed by atoms with Gasteiger partial charge in [-0.25, -0.2) is 0 Å². The Morgan fingerprint density at radius 3 is 1.97 bits per heavy atom. The van der Waals surface area contributed by atoms with E-state index in [0.29, 0.717) is 18.4 Å². The normalized spacial score (nSPS) is 12.1. The van der Waals surface area contributed by atoms with Crippen molar-refractivity contribution in [1.29, 1.82) is 0 Å². The molecule has 34 heavy (non-hydrogen) atoms. The van der Waals surface area contributed by atoms with Crippen molar-refractivity contribution in [3.05, 3.63) is 88.7 Å². The van der Waals surface area contributed by atoms with Crippen molar-refractivity contribution in [3.63, 3.8) is 0 Å². The van der Waals surface area contributed by atoms with E-state index in [4.69, 9.17) is 5.11 Å². The maximum atomic E-state index is 11.1. The highest BCUT2D eigenvalue weighted by molar-refractivity contribution is 5.71. The smallest absolute Gasteiger partial charge is 0.307 e. The summed E-state index contributed by atoms with van der Waals surface area (Å²) in [7, 11) is 0. The van der Waals surface area contributed by atoms with Crippen molar-refractivity contribution in [3.8, 4) is 11.1 Å². The summed E-state index contributed by atoms with van der Waals surface area (Å²) < 4.78 is 0. The van der Waals surface area contributed by atoms with Gasteiger partial charge in [0.25, 0.3) is 0 Å². The summed E-state index contributed by atoms with van der Waals surface area (Å²) in [5.41, 5.74) is 6.40. The van der Waals surface area contributed by atoms with Gasteiger partial charge in [0.1, 0.15) is 0 Å². The molecule has 180 valence electrons. The van der Waals surface area contributed by atoms with Gasteiger partial charge in [-0.05, 0) is 72.1 Å². The lowest BCUT2D eigenvalue weighted by atomic mass is 9.69. The zero-order valence-electron chi connectivity index (χ0n) is 21.1. The van der Waals surface area contributed by atoms with Crippen molar-refractivity contribution >= 4 is 5.97 Å². The Morgan fingerprint density at radius 2 is 1.44 bits per heavy atom. The molecule has 0 aliphatic rings. The largest absolute Gasteiger partial charge is 0.481 e. The molecule has 0 saturated carbocycles. The van der Waals surface area contributed by atoms with Crippen LogP contribution < -0.4 is 0 Å². The Hall–Kier alpha value is -2.98. The van der Waals surface area contributed by atoms with Crippen LogP contribution in [0, 0.1) is 6.92 Å². The number of pyridine rings is 1. The van der Waals surface area contributed by atoms with E-state index >= 15 is 0 Å². The Labute approximate surface area is 203 Å². The molecule has 2 aromatic carbocycles. The van der Waals surface area contributed by atoms with Gasteiger partial charge in [-0.1, -0.05) is 70.2 Å². The Morgan fingerprint density at radius 1 is 0.824 bits per heavy atom. The second-order valence-corrected chi connectivity index (χ2v) is 9.29. The van der Waals surface area contributed by atoms with E-state index in [2.05, 4.69) is 68.2 Å². The average molecular weight is 460 g/mol. The fourth-order valence-corrected chi connectivity index (χ4v) is 5.25. The second-order valence-electron chi connectivity index (χ2n) is 9.29. The highest BCUT2D eigenvalue weighted by atomic mass is 16.4. The number of rotatable bonds is 10. The average Bonchev–Trinajstić information content (AvgIpc) is 2.85. The van der Waals surface area contributed by atoms with Gasteiger partial charge < -0.3 is 10.2 Å². The number of carboxylic acids is 1. The van der Waals surface area contributed by atoms with Crippen LogP contribution in [0.1, 0.15) is 81.2 Å². The molecule has 3 aromatic rings. The predicted octanol–water partition coefficient (Wildman–Crippen LogP) is 6.80. The minimum Gasteiger partial charge on any atom is -0.481 e. The maximum absolute atomic E-state index is 11.1. The molecule has 0 aliphatic heterocycles. The fraction of sp³-hybridized carbons (Fsp3) is 0.400. The summed E-state index contributed by atoms with van der Waals surface area (Å²) in [6, 6.07) is 17.0. The minimum atomic E-state index is -0.859. The van der Waals surface area contributed by atoms with Crippen molar-refractivity contribution in [2.75, 3.05) is 0 Å². The molecule has 0 saturated heterocycles. The van der Waals surface area contributed by atoms with E-state index in [-0.39, 0.29) is 11.8 Å². The lowest BCUT2D eigenvalue weighted by molar-refractivity contribution is -0.136. The van der Waals surface area contributed by atoms with Gasteiger partial charge in [0.2, 0.25) is 0 Å². The molecule has 1 aromatic heterocycles. The number of carboxylic acid groups (broad SMARTS) is 1. The quantitative estimate of drug-likeness (QED) is 0.350. The SMILES string of the molecule is CCC(O)(CC)c1ccc(C(CC)(CC)c2ccc(-c3cncc(CC(=O)O)c3)cc2)cc1C. The molecule has 0 aliphatic carbocycles. The van der Waals surface area contributed by atoms with Crippen molar-refractivity contribution < 1.29 is 15.0 Å². The van der Waals surface area contributed by atoms with E-state index in [1.54, 1.807) is 12.4 Å². The first-order chi connectivity index (χ1) is 16.2. The van der Waals surface area contributed by atoms with Crippen LogP contribution in [0.3, 0.4) is 0 Å². The highest BCUT2D eigenvalue weighted by Crippen LogP contribution is 2.41. The minimum absolute atomic E-state index is 0.0335. The van der Waals surface area contributed by atoms with Gasteiger partial charge in [-0.2, -0.15) is 0 Å². The topological polar surface area (TPSA) is 70.4 Å². The lowest BCUT2D eigenvalue weighted by Crippen LogP contribution is -2.28. The lowest BCUT2D eigenvalue weighted by Gasteiger charge is -2.35. The molecule has 4 nitrogen and oxygen atoms in total. The molecular formula is C30H37NO3. The summed E-state index contributed by atoms with van der Waals surface area (Å²) >= 11 is 0. The first kappa shape index (κ1) is 25.6. The van der Waals surface area contributed by atoms with E-state index in [1.165, 1.54) is 11.1 Å². The number of nitrogens with zero attached hydrogens (tertiary/aromatic N) is 1. The summed E-state index contributed by atoms with van der Waals surface area (Å²) in [6.45, 7) is 10.6. The number of aromatic nitrogens is 1. The van der Waals surface area contributed by atoms with Gasteiger partial charge in [-0.15, -0.1) is 0 Å². The number of hydrogen-bond donors (Lipinski definition) is 2.